The van der Waals surface area contributed by atoms with Gasteiger partial charge in [0.05, 0.1) is 16.1 Å². The van der Waals surface area contributed by atoms with E-state index in [-0.39, 0.29) is 30.0 Å². The van der Waals surface area contributed by atoms with Gasteiger partial charge in [0, 0.05) is 30.2 Å². The molecule has 2 amide bonds. The molecule has 1 fully saturated rings. The van der Waals surface area contributed by atoms with Gasteiger partial charge in [0.15, 0.2) is 5.82 Å². The fourth-order valence-corrected chi connectivity index (χ4v) is 4.72. The maximum atomic E-state index is 13.2. The highest BCUT2D eigenvalue weighted by Crippen LogP contribution is 2.57. The van der Waals surface area contributed by atoms with Gasteiger partial charge in [-0.1, -0.05) is 41.9 Å². The van der Waals surface area contributed by atoms with Crippen LogP contribution in [0.5, 0.6) is 0 Å². The van der Waals surface area contributed by atoms with Crippen LogP contribution < -0.4 is 16.0 Å². The molecule has 0 atom stereocenters. The van der Waals surface area contributed by atoms with Crippen molar-refractivity contribution in [2.75, 3.05) is 17.7 Å². The number of anilines is 2. The van der Waals surface area contributed by atoms with Crippen LogP contribution in [-0.2, 0) is 11.3 Å². The molecule has 0 bridgehead atoms. The number of fused-ring (bicyclic) bond motifs is 1. The molecule has 3 N–H and O–H groups in total. The summed E-state index contributed by atoms with van der Waals surface area (Å²) in [6.07, 6.45) is -5.05. The van der Waals surface area contributed by atoms with Crippen molar-refractivity contribution < 1.29 is 22.8 Å². The normalized spacial score (nSPS) is 14.1. The molecule has 5 rings (SSSR count). The van der Waals surface area contributed by atoms with Gasteiger partial charge in [-0.25, -0.2) is 9.97 Å². The average molecular weight is 568 g/mol. The zero-order valence-electron chi connectivity index (χ0n) is 21.6. The maximum absolute atomic E-state index is 13.2. The number of benzene rings is 3. The van der Waals surface area contributed by atoms with E-state index in [4.69, 9.17) is 16.6 Å². The van der Waals surface area contributed by atoms with Crippen LogP contribution in [0.1, 0.15) is 34.3 Å². The number of aryl methyl sites for hydroxylation is 1. The van der Waals surface area contributed by atoms with E-state index in [1.54, 1.807) is 31.3 Å². The standard InChI is InChI=1S/C29H25ClF3N5O2/c1-16-5-3-4-6-19(16)25-37-23-14-18(8-9-20(23)24(34-2)38-25)36-26(39)21-13-17(7-10-22(21)30)15-35-27(40)28(11-12-28)29(31,32)33/h3-10,13-14H,11-12,15H2,1-2H3,(H,35,40)(H,36,39)(H,34,37,38). The Morgan fingerprint density at radius 1 is 1.02 bits per heavy atom. The molecule has 3 aromatic carbocycles. The van der Waals surface area contributed by atoms with Crippen LogP contribution >= 0.6 is 11.6 Å². The molecule has 0 spiro atoms. The van der Waals surface area contributed by atoms with E-state index in [0.717, 1.165) is 16.5 Å². The first-order chi connectivity index (χ1) is 19.0. The fraction of sp³-hybridized carbons (Fsp3) is 0.241. The molecular weight excluding hydrogens is 543 g/mol. The summed E-state index contributed by atoms with van der Waals surface area (Å²) in [4.78, 5) is 34.7. The van der Waals surface area contributed by atoms with Crippen LogP contribution in [0, 0.1) is 12.3 Å². The second-order valence-electron chi connectivity index (χ2n) is 9.72. The van der Waals surface area contributed by atoms with E-state index in [9.17, 15) is 22.8 Å². The lowest BCUT2D eigenvalue weighted by Crippen LogP contribution is -2.40. The van der Waals surface area contributed by atoms with Crippen molar-refractivity contribution in [2.24, 2.45) is 5.41 Å². The highest BCUT2D eigenvalue weighted by Gasteiger charge is 2.68. The number of hydrogen-bond acceptors (Lipinski definition) is 5. The van der Waals surface area contributed by atoms with E-state index in [1.807, 2.05) is 31.2 Å². The summed E-state index contributed by atoms with van der Waals surface area (Å²) >= 11 is 6.27. The molecule has 1 saturated carbocycles. The Hall–Kier alpha value is -4.18. The van der Waals surface area contributed by atoms with Gasteiger partial charge >= 0.3 is 6.18 Å². The highest BCUT2D eigenvalue weighted by atomic mass is 35.5. The summed E-state index contributed by atoms with van der Waals surface area (Å²) in [5, 5.41) is 9.16. The van der Waals surface area contributed by atoms with Gasteiger partial charge in [0.1, 0.15) is 11.2 Å². The third kappa shape index (κ3) is 5.19. The number of halogens is 4. The first kappa shape index (κ1) is 27.4. The average Bonchev–Trinajstić information content (AvgIpc) is 3.74. The van der Waals surface area contributed by atoms with Crippen LogP contribution in [0.25, 0.3) is 22.3 Å². The molecule has 0 unspecified atom stereocenters. The molecule has 0 saturated heterocycles. The molecule has 206 valence electrons. The van der Waals surface area contributed by atoms with Gasteiger partial charge in [-0.05, 0) is 61.2 Å². The van der Waals surface area contributed by atoms with E-state index in [0.29, 0.717) is 28.4 Å². The number of rotatable bonds is 7. The lowest BCUT2D eigenvalue weighted by atomic mass is 10.1. The van der Waals surface area contributed by atoms with Crippen molar-refractivity contribution in [1.29, 1.82) is 0 Å². The van der Waals surface area contributed by atoms with Gasteiger partial charge in [0.2, 0.25) is 5.91 Å². The quantitative estimate of drug-likeness (QED) is 0.236. The van der Waals surface area contributed by atoms with Crippen molar-refractivity contribution in [3.63, 3.8) is 0 Å². The van der Waals surface area contributed by atoms with Crippen LogP contribution in [0.3, 0.4) is 0 Å². The Morgan fingerprint density at radius 2 is 1.77 bits per heavy atom. The molecule has 4 aromatic rings. The molecule has 0 aliphatic heterocycles. The first-order valence-electron chi connectivity index (χ1n) is 12.5. The highest BCUT2D eigenvalue weighted by molar-refractivity contribution is 6.34. The first-order valence-corrected chi connectivity index (χ1v) is 12.9. The van der Waals surface area contributed by atoms with Crippen molar-refractivity contribution in [2.45, 2.75) is 32.5 Å². The lowest BCUT2D eigenvalue weighted by molar-refractivity contribution is -0.192. The topological polar surface area (TPSA) is 96.0 Å². The van der Waals surface area contributed by atoms with Gasteiger partial charge in [-0.3, -0.25) is 9.59 Å². The third-order valence-corrected chi connectivity index (χ3v) is 7.36. The Kier molecular flexibility index (Phi) is 7.14. The molecule has 40 heavy (non-hydrogen) atoms. The van der Waals surface area contributed by atoms with Gasteiger partial charge in [-0.15, -0.1) is 0 Å². The second kappa shape index (κ2) is 10.4. The Morgan fingerprint density at radius 3 is 2.45 bits per heavy atom. The fourth-order valence-electron chi connectivity index (χ4n) is 4.51. The second-order valence-corrected chi connectivity index (χ2v) is 10.1. The molecule has 0 radical (unpaired) electrons. The SMILES string of the molecule is CNc1nc(-c2ccccc2C)nc2cc(NC(=O)c3cc(CNC(=O)C4(C(F)(F)F)CC4)ccc3Cl)ccc12. The zero-order chi connectivity index (χ0) is 28.7. The monoisotopic (exact) mass is 567 g/mol. The Bertz CT molecular complexity index is 1640. The molecule has 7 nitrogen and oxygen atoms in total. The summed E-state index contributed by atoms with van der Waals surface area (Å²) in [6.45, 7) is 1.80. The van der Waals surface area contributed by atoms with Crippen molar-refractivity contribution in [3.8, 4) is 11.4 Å². The summed E-state index contributed by atoms with van der Waals surface area (Å²) in [5.74, 6) is -0.411. The van der Waals surface area contributed by atoms with Crippen molar-refractivity contribution >= 4 is 45.8 Å². The summed E-state index contributed by atoms with van der Waals surface area (Å²) in [6, 6.07) is 17.5. The molecule has 11 heteroatoms. The zero-order valence-corrected chi connectivity index (χ0v) is 22.4. The summed E-state index contributed by atoms with van der Waals surface area (Å²) in [5.41, 5.74) is 1.21. The minimum atomic E-state index is -4.60. The number of hydrogen-bond donors (Lipinski definition) is 3. The van der Waals surface area contributed by atoms with E-state index in [2.05, 4.69) is 20.9 Å². The van der Waals surface area contributed by atoms with Gasteiger partial charge in [0.25, 0.3) is 5.91 Å². The number of amides is 2. The van der Waals surface area contributed by atoms with E-state index < -0.39 is 23.4 Å². The largest absolute Gasteiger partial charge is 0.403 e. The minimum absolute atomic E-state index is 0.115. The molecule has 1 aromatic heterocycles. The Labute approximate surface area is 233 Å². The predicted molar refractivity (Wildman–Crippen MR) is 148 cm³/mol. The van der Waals surface area contributed by atoms with Crippen molar-refractivity contribution in [1.82, 2.24) is 15.3 Å². The van der Waals surface area contributed by atoms with Crippen molar-refractivity contribution in [3.05, 3.63) is 82.4 Å². The van der Waals surface area contributed by atoms with E-state index in [1.165, 1.54) is 12.1 Å². The summed E-state index contributed by atoms with van der Waals surface area (Å²) in [7, 11) is 1.77. The number of nitrogens with one attached hydrogen (secondary N) is 3. The predicted octanol–water partition coefficient (Wildman–Crippen LogP) is 6.51. The number of nitrogens with zero attached hydrogens (tertiary/aromatic N) is 2. The van der Waals surface area contributed by atoms with E-state index >= 15 is 0 Å². The lowest BCUT2D eigenvalue weighted by Gasteiger charge is -2.18. The van der Waals surface area contributed by atoms with Gasteiger partial charge < -0.3 is 16.0 Å². The minimum Gasteiger partial charge on any atom is -0.373 e. The molecule has 1 aliphatic carbocycles. The molecule has 1 heterocycles. The van der Waals surface area contributed by atoms with Gasteiger partial charge in [-0.2, -0.15) is 13.2 Å². The summed E-state index contributed by atoms with van der Waals surface area (Å²) < 4.78 is 39.7. The molecular formula is C29H25ClF3N5O2. The van der Waals surface area contributed by atoms with Crippen LogP contribution in [0.15, 0.2) is 60.7 Å². The number of alkyl halides is 3. The van der Waals surface area contributed by atoms with Crippen LogP contribution in [-0.4, -0.2) is 35.0 Å². The number of carbonyl (C=O) groups excluding carboxylic acids is 2. The van der Waals surface area contributed by atoms with Crippen LogP contribution in [0.2, 0.25) is 5.02 Å². The van der Waals surface area contributed by atoms with Crippen LogP contribution in [0.4, 0.5) is 24.7 Å². The third-order valence-electron chi connectivity index (χ3n) is 7.03. The molecule has 1 aliphatic rings. The Balaban J connectivity index is 1.37. The maximum Gasteiger partial charge on any atom is 0.403 e. The number of carbonyl (C=O) groups is 2. The smallest absolute Gasteiger partial charge is 0.373 e. The number of aromatic nitrogens is 2.